The van der Waals surface area contributed by atoms with Crippen molar-refractivity contribution in [3.8, 4) is 17.6 Å². The highest BCUT2D eigenvalue weighted by Crippen LogP contribution is 2.31. The summed E-state index contributed by atoms with van der Waals surface area (Å²) in [6.07, 6.45) is 1.74. The Morgan fingerprint density at radius 2 is 1.61 bits per heavy atom. The number of rotatable bonds is 4. The van der Waals surface area contributed by atoms with Crippen LogP contribution in [0, 0.1) is 11.3 Å². The monoisotopic (exact) mass is 699 g/mol. The minimum absolute atomic E-state index is 0.0401. The molecule has 1 aromatic heterocycles. The number of benzene rings is 2. The summed E-state index contributed by atoms with van der Waals surface area (Å²) in [6, 6.07) is 15.5. The molecule has 0 radical (unpaired) electrons. The maximum atomic E-state index is 14.4. The molecule has 6 rings (SSSR count). The first-order valence-electron chi connectivity index (χ1n) is 16.6. The Labute approximate surface area is 294 Å². The summed E-state index contributed by atoms with van der Waals surface area (Å²) < 4.78 is 13.8. The number of hydrogen-bond acceptors (Lipinski definition) is 9. The normalized spacial score (nSPS) is 21.6. The highest BCUT2D eigenvalue weighted by molar-refractivity contribution is 5.96. The predicted octanol–water partition coefficient (Wildman–Crippen LogP) is 0.168. The minimum atomic E-state index is -1.52. The third-order valence-electron chi connectivity index (χ3n) is 8.90. The Kier molecular flexibility index (Phi) is 11.6. The summed E-state index contributed by atoms with van der Waals surface area (Å²) in [5, 5.41) is 29.9. The van der Waals surface area contributed by atoms with E-state index in [0.717, 1.165) is 0 Å². The number of nitrogens with one attached hydrogen (secondary N) is 4. The summed E-state index contributed by atoms with van der Waals surface area (Å²) in [4.78, 5) is 68.9. The zero-order chi connectivity index (χ0) is 36.5. The van der Waals surface area contributed by atoms with E-state index in [9.17, 15) is 34.3 Å². The molecule has 3 aliphatic rings. The number of fused-ring (bicyclic) bond motifs is 15. The number of amides is 5. The average Bonchev–Trinajstić information content (AvgIpc) is 3.52. The lowest BCUT2D eigenvalue weighted by molar-refractivity contribution is -0.144. The van der Waals surface area contributed by atoms with Crippen molar-refractivity contribution in [2.75, 3.05) is 32.8 Å². The molecular weight excluding hydrogens is 658 g/mol. The van der Waals surface area contributed by atoms with E-state index in [1.54, 1.807) is 71.2 Å². The smallest absolute Gasteiger partial charge is 0.270 e. The van der Waals surface area contributed by atoms with Gasteiger partial charge < -0.3 is 45.3 Å². The second-order valence-corrected chi connectivity index (χ2v) is 12.5. The summed E-state index contributed by atoms with van der Waals surface area (Å²) in [5.41, 5.74) is -0.125. The van der Waals surface area contributed by atoms with Crippen LogP contribution in [0.25, 0.3) is 0 Å². The van der Waals surface area contributed by atoms with E-state index in [1.165, 1.54) is 13.0 Å². The molecule has 3 aliphatic heterocycles. The van der Waals surface area contributed by atoms with Crippen molar-refractivity contribution in [1.29, 1.82) is 5.26 Å². The number of ether oxygens (including phenoxy) is 2. The van der Waals surface area contributed by atoms with Gasteiger partial charge >= 0.3 is 0 Å². The van der Waals surface area contributed by atoms with E-state index in [0.29, 0.717) is 28.3 Å². The zero-order valence-corrected chi connectivity index (χ0v) is 28.4. The van der Waals surface area contributed by atoms with E-state index < -0.39 is 54.0 Å². The number of aryl methyl sites for hydroxylation is 1. The van der Waals surface area contributed by atoms with Crippen molar-refractivity contribution in [2.45, 2.75) is 49.9 Å². The number of hydrogen-bond donors (Lipinski definition) is 5. The maximum absolute atomic E-state index is 14.4. The predicted molar refractivity (Wildman–Crippen MR) is 182 cm³/mol. The van der Waals surface area contributed by atoms with E-state index in [4.69, 9.17) is 9.47 Å². The second kappa shape index (κ2) is 16.2. The van der Waals surface area contributed by atoms with E-state index >= 15 is 0 Å². The maximum Gasteiger partial charge on any atom is 0.270 e. The van der Waals surface area contributed by atoms with Crippen molar-refractivity contribution >= 4 is 29.5 Å². The Morgan fingerprint density at radius 1 is 0.941 bits per heavy atom. The Hall–Kier alpha value is -5.88. The van der Waals surface area contributed by atoms with Crippen LogP contribution >= 0.6 is 0 Å². The lowest BCUT2D eigenvalue weighted by Gasteiger charge is -2.41. The van der Waals surface area contributed by atoms with Crippen LogP contribution in [0.2, 0.25) is 0 Å². The van der Waals surface area contributed by atoms with Crippen LogP contribution < -0.4 is 30.7 Å². The molecule has 15 heteroatoms. The van der Waals surface area contributed by atoms with Gasteiger partial charge in [-0.15, -0.1) is 0 Å². The minimum Gasteiger partial charge on any atom is -0.492 e. The number of carbonyl (C=O) groups excluding carboxylic acids is 5. The largest absolute Gasteiger partial charge is 0.492 e. The molecule has 0 unspecified atom stereocenters. The molecule has 3 aromatic rings. The van der Waals surface area contributed by atoms with Crippen LogP contribution in [-0.2, 0) is 32.6 Å². The number of nitriles is 1. The molecular formula is C36H41N7O8. The third kappa shape index (κ3) is 8.84. The number of aliphatic hydroxyl groups is 1. The lowest BCUT2D eigenvalue weighted by atomic mass is 9.89. The molecule has 15 nitrogen and oxygen atoms in total. The van der Waals surface area contributed by atoms with Gasteiger partial charge in [-0.25, -0.2) is 0 Å². The Balaban J connectivity index is 1.46. The first-order chi connectivity index (χ1) is 24.5. The fourth-order valence-electron chi connectivity index (χ4n) is 5.97. The molecule has 1 fully saturated rings. The van der Waals surface area contributed by atoms with Gasteiger partial charge in [0, 0.05) is 45.6 Å². The van der Waals surface area contributed by atoms with Gasteiger partial charge in [-0.05, 0) is 42.8 Å². The van der Waals surface area contributed by atoms with Crippen LogP contribution in [0.1, 0.15) is 41.4 Å². The average molecular weight is 700 g/mol. The van der Waals surface area contributed by atoms with Gasteiger partial charge in [0.05, 0.1) is 18.7 Å². The van der Waals surface area contributed by atoms with Gasteiger partial charge in [0.1, 0.15) is 48.0 Å². The molecule has 1 spiro atoms. The highest BCUT2D eigenvalue weighted by atomic mass is 16.5. The SMILES string of the molecule is C[C@@H]1NC(=O)[C@H](CO)NC(=O)[C@@H](Cc2ccccc2)NC(=O)C2(CCN(C(=O)c3cc(C#N)cn3C)CC2)Oc2ccc(cc2)OCCNC1=O. The molecule has 1 saturated heterocycles. The summed E-state index contributed by atoms with van der Waals surface area (Å²) in [5.74, 6) is -2.11. The van der Waals surface area contributed by atoms with Gasteiger partial charge in [0.25, 0.3) is 11.8 Å². The van der Waals surface area contributed by atoms with Gasteiger partial charge in [-0.3, -0.25) is 24.0 Å². The van der Waals surface area contributed by atoms with Crippen LogP contribution in [0.15, 0.2) is 66.9 Å². The summed E-state index contributed by atoms with van der Waals surface area (Å²) in [6.45, 7) is 1.22. The molecule has 5 N–H and O–H groups in total. The fourth-order valence-corrected chi connectivity index (χ4v) is 5.97. The van der Waals surface area contributed by atoms with Gasteiger partial charge in [0.15, 0.2) is 5.60 Å². The molecule has 51 heavy (non-hydrogen) atoms. The Morgan fingerprint density at radius 3 is 2.25 bits per heavy atom. The fraction of sp³-hybridized carbons (Fsp3) is 0.389. The van der Waals surface area contributed by atoms with Gasteiger partial charge in [0.2, 0.25) is 17.7 Å². The van der Waals surface area contributed by atoms with Crippen molar-refractivity contribution in [3.05, 3.63) is 83.7 Å². The van der Waals surface area contributed by atoms with E-state index in [-0.39, 0.29) is 51.4 Å². The zero-order valence-electron chi connectivity index (χ0n) is 28.4. The first-order valence-corrected chi connectivity index (χ1v) is 16.6. The molecule has 3 atom stereocenters. The standard InChI is InChI=1S/C36H41N7O8/c1-23-31(45)38-14-17-50-26-8-10-27(11-9-26)51-36(12-15-43(16-13-36)34(48)30-19-25(20-37)21-42(30)2)35(49)41-28(18-24-6-4-3-5-7-24)32(46)40-29(22-44)33(47)39-23/h3-11,19,21,23,28-29,44H,12-18,22H2,1-2H3,(H,38,45)(H,39,47)(H,40,46)(H,41,49)/t23-,28+,29-/m0/s1. The van der Waals surface area contributed by atoms with Crippen molar-refractivity contribution < 1.29 is 38.6 Å². The summed E-state index contributed by atoms with van der Waals surface area (Å²) >= 11 is 0. The summed E-state index contributed by atoms with van der Waals surface area (Å²) in [7, 11) is 1.68. The quantitative estimate of drug-likeness (QED) is 0.235. The molecule has 5 amide bonds. The van der Waals surface area contributed by atoms with Crippen LogP contribution in [0.4, 0.5) is 0 Å². The van der Waals surface area contributed by atoms with Crippen LogP contribution in [-0.4, -0.2) is 101 Å². The number of piperidine rings is 1. The van der Waals surface area contributed by atoms with Crippen LogP contribution in [0.5, 0.6) is 11.5 Å². The molecule has 2 aromatic carbocycles. The first kappa shape index (κ1) is 36.4. The topological polar surface area (TPSA) is 204 Å². The second-order valence-electron chi connectivity index (χ2n) is 12.5. The Bertz CT molecular complexity index is 1780. The van der Waals surface area contributed by atoms with Crippen molar-refractivity contribution in [2.24, 2.45) is 7.05 Å². The molecule has 0 saturated carbocycles. The molecule has 4 heterocycles. The van der Waals surface area contributed by atoms with E-state index in [1.807, 2.05) is 12.1 Å². The third-order valence-corrected chi connectivity index (χ3v) is 8.90. The number of likely N-dealkylation sites (tertiary alicyclic amines) is 1. The number of carbonyl (C=O) groups is 5. The number of nitrogens with zero attached hydrogens (tertiary/aromatic N) is 3. The highest BCUT2D eigenvalue weighted by Gasteiger charge is 2.46. The molecule has 0 aliphatic carbocycles. The van der Waals surface area contributed by atoms with E-state index in [2.05, 4.69) is 21.3 Å². The molecule has 268 valence electrons. The molecule has 2 bridgehead atoms. The van der Waals surface area contributed by atoms with Crippen LogP contribution in [0.3, 0.4) is 0 Å². The lowest BCUT2D eigenvalue weighted by Crippen LogP contribution is -2.62. The number of aromatic nitrogens is 1. The number of aliphatic hydroxyl groups excluding tert-OH is 1. The van der Waals surface area contributed by atoms with Gasteiger partial charge in [-0.2, -0.15) is 5.26 Å². The van der Waals surface area contributed by atoms with Crippen molar-refractivity contribution in [1.82, 2.24) is 30.7 Å². The van der Waals surface area contributed by atoms with Crippen molar-refractivity contribution in [3.63, 3.8) is 0 Å². The van der Waals surface area contributed by atoms with Gasteiger partial charge in [-0.1, -0.05) is 30.3 Å².